The first-order valence-electron chi connectivity index (χ1n) is 10.2. The maximum atomic E-state index is 13.3. The lowest BCUT2D eigenvalue weighted by atomic mass is 9.99. The predicted octanol–water partition coefficient (Wildman–Crippen LogP) is 4.85. The van der Waals surface area contributed by atoms with Crippen LogP contribution in [0, 0.1) is 6.92 Å². The van der Waals surface area contributed by atoms with Crippen molar-refractivity contribution >= 4 is 31.6 Å². The molecule has 4 rings (SSSR count). The SMILES string of the molecule is CCCn1c(=O)sc2cc(S(=O)(=O)NC(c3ccccc3)c3ccc(C)cc3)ccc21. The van der Waals surface area contributed by atoms with E-state index in [-0.39, 0.29) is 9.77 Å². The summed E-state index contributed by atoms with van der Waals surface area (Å²) < 4.78 is 31.9. The van der Waals surface area contributed by atoms with E-state index < -0.39 is 16.1 Å². The van der Waals surface area contributed by atoms with Crippen molar-refractivity contribution in [2.75, 3.05) is 0 Å². The molecule has 0 aliphatic rings. The normalized spacial score (nSPS) is 12.8. The Bertz CT molecular complexity index is 1360. The highest BCUT2D eigenvalue weighted by atomic mass is 32.2. The summed E-state index contributed by atoms with van der Waals surface area (Å²) in [6, 6.07) is 21.7. The zero-order valence-electron chi connectivity index (χ0n) is 17.4. The predicted molar refractivity (Wildman–Crippen MR) is 126 cm³/mol. The van der Waals surface area contributed by atoms with E-state index in [0.29, 0.717) is 11.2 Å². The maximum Gasteiger partial charge on any atom is 0.308 e. The van der Waals surface area contributed by atoms with Crippen molar-refractivity contribution in [3.63, 3.8) is 0 Å². The van der Waals surface area contributed by atoms with E-state index in [1.165, 1.54) is 0 Å². The summed E-state index contributed by atoms with van der Waals surface area (Å²) in [6.45, 7) is 4.62. The molecule has 0 saturated carbocycles. The van der Waals surface area contributed by atoms with Gasteiger partial charge >= 0.3 is 4.87 Å². The van der Waals surface area contributed by atoms with Gasteiger partial charge in [-0.2, -0.15) is 4.72 Å². The minimum atomic E-state index is -3.83. The molecule has 1 heterocycles. The van der Waals surface area contributed by atoms with Crippen LogP contribution in [0.15, 0.2) is 82.5 Å². The van der Waals surface area contributed by atoms with Crippen LogP contribution in [-0.2, 0) is 16.6 Å². The third-order valence-electron chi connectivity index (χ3n) is 5.21. The number of sulfonamides is 1. The summed E-state index contributed by atoms with van der Waals surface area (Å²) in [4.78, 5) is 12.4. The fourth-order valence-corrected chi connectivity index (χ4v) is 5.88. The van der Waals surface area contributed by atoms with Crippen LogP contribution in [0.2, 0.25) is 0 Å². The van der Waals surface area contributed by atoms with E-state index in [0.717, 1.165) is 40.0 Å². The molecule has 0 amide bonds. The van der Waals surface area contributed by atoms with Gasteiger partial charge in [0.25, 0.3) is 0 Å². The minimum absolute atomic E-state index is 0.0684. The fourth-order valence-electron chi connectivity index (χ4n) is 3.61. The molecule has 0 spiro atoms. The van der Waals surface area contributed by atoms with E-state index in [2.05, 4.69) is 4.72 Å². The molecule has 4 aromatic rings. The number of thiazole rings is 1. The van der Waals surface area contributed by atoms with Crippen LogP contribution < -0.4 is 9.60 Å². The number of aryl methyl sites for hydroxylation is 2. The van der Waals surface area contributed by atoms with Crippen LogP contribution in [0.25, 0.3) is 10.2 Å². The van der Waals surface area contributed by atoms with Gasteiger partial charge < -0.3 is 0 Å². The summed E-state index contributed by atoms with van der Waals surface area (Å²) in [6.07, 6.45) is 0.836. The van der Waals surface area contributed by atoms with Crippen molar-refractivity contribution in [2.24, 2.45) is 0 Å². The van der Waals surface area contributed by atoms with Crippen molar-refractivity contribution in [2.45, 2.75) is 37.8 Å². The minimum Gasteiger partial charge on any atom is -0.299 e. The lowest BCUT2D eigenvalue weighted by Crippen LogP contribution is -2.29. The first-order valence-corrected chi connectivity index (χ1v) is 12.5. The summed E-state index contributed by atoms with van der Waals surface area (Å²) in [5.74, 6) is 0. The maximum absolute atomic E-state index is 13.3. The summed E-state index contributed by atoms with van der Waals surface area (Å²) >= 11 is 1.08. The van der Waals surface area contributed by atoms with Gasteiger partial charge in [-0.25, -0.2) is 8.42 Å². The third kappa shape index (κ3) is 4.49. The van der Waals surface area contributed by atoms with Crippen molar-refractivity contribution in [1.29, 1.82) is 0 Å². The standard InChI is InChI=1S/C24H24N2O3S2/c1-3-15-26-21-14-13-20(16-22(21)30-24(26)27)31(28,29)25-23(18-7-5-4-6-8-18)19-11-9-17(2)10-12-19/h4-14,16,23,25H,3,15H2,1-2H3. The third-order valence-corrected chi connectivity index (χ3v) is 7.58. The first kappa shape index (κ1) is 21.5. The molecule has 0 saturated heterocycles. The van der Waals surface area contributed by atoms with E-state index in [9.17, 15) is 13.2 Å². The number of aromatic nitrogens is 1. The molecular formula is C24H24N2O3S2. The molecular weight excluding hydrogens is 428 g/mol. The molecule has 3 aromatic carbocycles. The fraction of sp³-hybridized carbons (Fsp3) is 0.208. The number of fused-ring (bicyclic) bond motifs is 1. The molecule has 1 atom stereocenters. The summed E-state index contributed by atoms with van der Waals surface area (Å²) in [5.41, 5.74) is 3.60. The molecule has 7 heteroatoms. The van der Waals surface area contributed by atoms with Gasteiger partial charge in [0.1, 0.15) is 0 Å². The van der Waals surface area contributed by atoms with Crippen LogP contribution in [-0.4, -0.2) is 13.0 Å². The van der Waals surface area contributed by atoms with E-state index >= 15 is 0 Å². The number of hydrogen-bond donors (Lipinski definition) is 1. The topological polar surface area (TPSA) is 68.2 Å². The van der Waals surface area contributed by atoms with E-state index in [4.69, 9.17) is 0 Å². The Balaban J connectivity index is 1.74. The van der Waals surface area contributed by atoms with Crippen molar-refractivity contribution < 1.29 is 8.42 Å². The molecule has 0 aliphatic heterocycles. The molecule has 1 unspecified atom stereocenters. The molecule has 1 aromatic heterocycles. The highest BCUT2D eigenvalue weighted by Gasteiger charge is 2.24. The highest BCUT2D eigenvalue weighted by molar-refractivity contribution is 7.89. The number of rotatable bonds is 7. The lowest BCUT2D eigenvalue weighted by Gasteiger charge is -2.20. The first-order chi connectivity index (χ1) is 14.9. The summed E-state index contributed by atoms with van der Waals surface area (Å²) in [5, 5.41) is 0. The van der Waals surface area contributed by atoms with Gasteiger partial charge in [-0.05, 0) is 42.7 Å². The molecule has 0 radical (unpaired) electrons. The Morgan fingerprint density at radius 3 is 2.32 bits per heavy atom. The molecule has 1 N–H and O–H groups in total. The van der Waals surface area contributed by atoms with Gasteiger partial charge in [0, 0.05) is 6.54 Å². The molecule has 5 nitrogen and oxygen atoms in total. The second-order valence-corrected chi connectivity index (χ2v) is 10.2. The molecule has 0 fully saturated rings. The van der Waals surface area contributed by atoms with Gasteiger partial charge in [-0.15, -0.1) is 0 Å². The molecule has 160 valence electrons. The molecule has 0 aliphatic carbocycles. The van der Waals surface area contributed by atoms with E-state index in [1.54, 1.807) is 22.8 Å². The zero-order valence-corrected chi connectivity index (χ0v) is 19.0. The number of nitrogens with one attached hydrogen (secondary N) is 1. The van der Waals surface area contributed by atoms with Crippen molar-refractivity contribution in [1.82, 2.24) is 9.29 Å². The van der Waals surface area contributed by atoms with Crippen LogP contribution in [0.1, 0.15) is 36.1 Å². The Morgan fingerprint density at radius 2 is 1.65 bits per heavy atom. The van der Waals surface area contributed by atoms with Crippen molar-refractivity contribution in [3.05, 3.63) is 99.2 Å². The smallest absolute Gasteiger partial charge is 0.299 e. The zero-order chi connectivity index (χ0) is 22.0. The largest absolute Gasteiger partial charge is 0.308 e. The van der Waals surface area contributed by atoms with Crippen LogP contribution >= 0.6 is 11.3 Å². The van der Waals surface area contributed by atoms with Crippen LogP contribution in [0.3, 0.4) is 0 Å². The van der Waals surface area contributed by atoms with Gasteiger partial charge in [0.2, 0.25) is 10.0 Å². The lowest BCUT2D eigenvalue weighted by molar-refractivity contribution is 0.572. The number of nitrogens with zero attached hydrogens (tertiary/aromatic N) is 1. The monoisotopic (exact) mass is 452 g/mol. The van der Waals surface area contributed by atoms with Gasteiger partial charge in [-0.3, -0.25) is 9.36 Å². The van der Waals surface area contributed by atoms with Gasteiger partial charge in [0.15, 0.2) is 0 Å². The molecule has 0 bridgehead atoms. The second-order valence-electron chi connectivity index (χ2n) is 7.52. The Morgan fingerprint density at radius 1 is 0.968 bits per heavy atom. The molecule has 31 heavy (non-hydrogen) atoms. The summed E-state index contributed by atoms with van der Waals surface area (Å²) in [7, 11) is -3.83. The van der Waals surface area contributed by atoms with Crippen LogP contribution in [0.5, 0.6) is 0 Å². The Hall–Kier alpha value is -2.74. The van der Waals surface area contributed by atoms with E-state index in [1.807, 2.05) is 68.4 Å². The van der Waals surface area contributed by atoms with Gasteiger partial charge in [0.05, 0.1) is 21.2 Å². The van der Waals surface area contributed by atoms with Gasteiger partial charge in [-0.1, -0.05) is 78.4 Å². The van der Waals surface area contributed by atoms with Crippen LogP contribution in [0.4, 0.5) is 0 Å². The highest BCUT2D eigenvalue weighted by Crippen LogP contribution is 2.27. The quantitative estimate of drug-likeness (QED) is 0.436. The Labute approximate surface area is 186 Å². The Kier molecular flexibility index (Phi) is 6.09. The number of hydrogen-bond acceptors (Lipinski definition) is 4. The van der Waals surface area contributed by atoms with Crippen molar-refractivity contribution in [3.8, 4) is 0 Å². The number of benzene rings is 3. The average Bonchev–Trinajstić information content (AvgIpc) is 3.08. The average molecular weight is 453 g/mol. The second kappa shape index (κ2) is 8.78.